The van der Waals surface area contributed by atoms with Crippen molar-refractivity contribution in [2.45, 2.75) is 31.7 Å². The molecule has 0 aliphatic carbocycles. The van der Waals surface area contributed by atoms with E-state index in [-0.39, 0.29) is 6.04 Å². The fourth-order valence-electron chi connectivity index (χ4n) is 1.66. The molecular weight excluding hydrogens is 262 g/mol. The SMILES string of the molecule is CCOCC(Nc1ccc(S(C)(=O)=O)cc1)C(C)C. The zero-order valence-electron chi connectivity index (χ0n) is 12.0. The van der Waals surface area contributed by atoms with Crippen molar-refractivity contribution in [2.24, 2.45) is 5.92 Å². The van der Waals surface area contributed by atoms with Crippen LogP contribution in [0.25, 0.3) is 0 Å². The minimum atomic E-state index is -3.13. The van der Waals surface area contributed by atoms with Gasteiger partial charge in [-0.1, -0.05) is 13.8 Å². The van der Waals surface area contributed by atoms with E-state index in [1.54, 1.807) is 24.3 Å². The van der Waals surface area contributed by atoms with Crippen LogP contribution in [0.1, 0.15) is 20.8 Å². The number of hydrogen-bond acceptors (Lipinski definition) is 4. The quantitative estimate of drug-likeness (QED) is 0.836. The van der Waals surface area contributed by atoms with Crippen molar-refractivity contribution < 1.29 is 13.2 Å². The summed E-state index contributed by atoms with van der Waals surface area (Å²) in [5.74, 6) is 0.432. The summed E-state index contributed by atoms with van der Waals surface area (Å²) >= 11 is 0. The van der Waals surface area contributed by atoms with Crippen molar-refractivity contribution in [1.29, 1.82) is 0 Å². The molecule has 0 saturated heterocycles. The van der Waals surface area contributed by atoms with Crippen LogP contribution < -0.4 is 5.32 Å². The summed E-state index contributed by atoms with van der Waals surface area (Å²) in [6.07, 6.45) is 1.21. The van der Waals surface area contributed by atoms with E-state index in [4.69, 9.17) is 4.74 Å². The summed E-state index contributed by atoms with van der Waals surface area (Å²) < 4.78 is 28.2. The van der Waals surface area contributed by atoms with E-state index in [2.05, 4.69) is 19.2 Å². The smallest absolute Gasteiger partial charge is 0.175 e. The lowest BCUT2D eigenvalue weighted by atomic mass is 10.1. The fourth-order valence-corrected chi connectivity index (χ4v) is 2.29. The van der Waals surface area contributed by atoms with Gasteiger partial charge in [-0.25, -0.2) is 8.42 Å². The molecule has 1 N–H and O–H groups in total. The molecule has 0 amide bonds. The molecule has 19 heavy (non-hydrogen) atoms. The molecule has 0 fully saturated rings. The van der Waals surface area contributed by atoms with Crippen molar-refractivity contribution in [2.75, 3.05) is 24.8 Å². The van der Waals surface area contributed by atoms with Crippen LogP contribution in [0.5, 0.6) is 0 Å². The number of benzene rings is 1. The normalized spacial score (nSPS) is 13.5. The number of nitrogens with one attached hydrogen (secondary N) is 1. The fraction of sp³-hybridized carbons (Fsp3) is 0.571. The van der Waals surface area contributed by atoms with Crippen molar-refractivity contribution in [3.8, 4) is 0 Å². The molecule has 0 spiro atoms. The average Bonchev–Trinajstić information content (AvgIpc) is 2.33. The minimum absolute atomic E-state index is 0.212. The monoisotopic (exact) mass is 285 g/mol. The first-order valence-electron chi connectivity index (χ1n) is 6.49. The summed E-state index contributed by atoms with van der Waals surface area (Å²) in [6.45, 7) is 7.56. The standard InChI is InChI=1S/C14H23NO3S/c1-5-18-10-14(11(2)3)15-12-6-8-13(9-7-12)19(4,16)17/h6-9,11,14-15H,5,10H2,1-4H3. The van der Waals surface area contributed by atoms with Gasteiger partial charge in [0.2, 0.25) is 0 Å². The lowest BCUT2D eigenvalue weighted by Crippen LogP contribution is -2.30. The van der Waals surface area contributed by atoms with Crippen LogP contribution in [0.15, 0.2) is 29.2 Å². The number of hydrogen-bond donors (Lipinski definition) is 1. The third kappa shape index (κ3) is 5.20. The molecule has 5 heteroatoms. The van der Waals surface area contributed by atoms with E-state index in [9.17, 15) is 8.42 Å². The molecule has 1 atom stereocenters. The highest BCUT2D eigenvalue weighted by molar-refractivity contribution is 7.90. The van der Waals surface area contributed by atoms with Gasteiger partial charge in [0, 0.05) is 18.6 Å². The molecule has 0 radical (unpaired) electrons. The maximum Gasteiger partial charge on any atom is 0.175 e. The number of rotatable bonds is 7. The van der Waals surface area contributed by atoms with Gasteiger partial charge in [0.1, 0.15) is 0 Å². The molecule has 0 aliphatic heterocycles. The van der Waals surface area contributed by atoms with Gasteiger partial charge < -0.3 is 10.1 Å². The van der Waals surface area contributed by atoms with Crippen LogP contribution in [-0.2, 0) is 14.6 Å². The lowest BCUT2D eigenvalue weighted by molar-refractivity contribution is 0.127. The zero-order chi connectivity index (χ0) is 14.5. The molecule has 0 aliphatic rings. The highest BCUT2D eigenvalue weighted by Crippen LogP contribution is 2.17. The molecule has 108 valence electrons. The Hall–Kier alpha value is -1.07. The first-order valence-corrected chi connectivity index (χ1v) is 8.38. The molecule has 1 aromatic carbocycles. The van der Waals surface area contributed by atoms with E-state index >= 15 is 0 Å². The second-order valence-electron chi connectivity index (χ2n) is 4.95. The highest BCUT2D eigenvalue weighted by Gasteiger charge is 2.13. The Morgan fingerprint density at radius 3 is 2.21 bits per heavy atom. The van der Waals surface area contributed by atoms with Gasteiger partial charge in [-0.15, -0.1) is 0 Å². The summed E-state index contributed by atoms with van der Waals surface area (Å²) in [6, 6.07) is 7.03. The van der Waals surface area contributed by atoms with Crippen LogP contribution in [0, 0.1) is 5.92 Å². The van der Waals surface area contributed by atoms with Gasteiger partial charge >= 0.3 is 0 Å². The zero-order valence-corrected chi connectivity index (χ0v) is 12.8. The van der Waals surface area contributed by atoms with Gasteiger partial charge in [-0.05, 0) is 37.1 Å². The Kier molecular flexibility index (Phi) is 5.82. The van der Waals surface area contributed by atoms with Crippen LogP contribution in [-0.4, -0.2) is 33.9 Å². The van der Waals surface area contributed by atoms with Gasteiger partial charge in [0.05, 0.1) is 17.5 Å². The molecule has 1 unspecified atom stereocenters. The summed E-state index contributed by atoms with van der Waals surface area (Å²) in [4.78, 5) is 0.337. The van der Waals surface area contributed by atoms with Crippen molar-refractivity contribution in [3.63, 3.8) is 0 Å². The Morgan fingerprint density at radius 1 is 1.21 bits per heavy atom. The number of ether oxygens (including phenoxy) is 1. The molecule has 4 nitrogen and oxygen atoms in total. The summed E-state index contributed by atoms with van der Waals surface area (Å²) in [5.41, 5.74) is 0.908. The molecule has 0 bridgehead atoms. The maximum atomic E-state index is 11.4. The molecule has 1 rings (SSSR count). The minimum Gasteiger partial charge on any atom is -0.380 e. The maximum absolute atomic E-state index is 11.4. The van der Waals surface area contributed by atoms with E-state index < -0.39 is 9.84 Å². The highest BCUT2D eigenvalue weighted by atomic mass is 32.2. The van der Waals surface area contributed by atoms with E-state index in [0.717, 1.165) is 5.69 Å². The number of anilines is 1. The second-order valence-corrected chi connectivity index (χ2v) is 6.97. The van der Waals surface area contributed by atoms with Crippen LogP contribution in [0.3, 0.4) is 0 Å². The van der Waals surface area contributed by atoms with Crippen molar-refractivity contribution in [3.05, 3.63) is 24.3 Å². The van der Waals surface area contributed by atoms with Crippen LogP contribution >= 0.6 is 0 Å². The van der Waals surface area contributed by atoms with E-state index in [1.165, 1.54) is 6.26 Å². The molecule has 0 aromatic heterocycles. The predicted octanol–water partition coefficient (Wildman–Crippen LogP) is 2.56. The van der Waals surface area contributed by atoms with Crippen LogP contribution in [0.2, 0.25) is 0 Å². The first kappa shape index (κ1) is 16.0. The third-order valence-electron chi connectivity index (χ3n) is 2.94. The van der Waals surface area contributed by atoms with Crippen LogP contribution in [0.4, 0.5) is 5.69 Å². The first-order chi connectivity index (χ1) is 8.84. The predicted molar refractivity (Wildman–Crippen MR) is 78.3 cm³/mol. The van der Waals surface area contributed by atoms with Gasteiger partial charge in [0.25, 0.3) is 0 Å². The topological polar surface area (TPSA) is 55.4 Å². The van der Waals surface area contributed by atoms with E-state index in [0.29, 0.717) is 24.0 Å². The largest absolute Gasteiger partial charge is 0.380 e. The molecule has 1 aromatic rings. The average molecular weight is 285 g/mol. The summed E-state index contributed by atoms with van der Waals surface area (Å²) in [7, 11) is -3.13. The Morgan fingerprint density at radius 2 is 1.79 bits per heavy atom. The second kappa shape index (κ2) is 6.91. The Balaban J connectivity index is 2.75. The van der Waals surface area contributed by atoms with Crippen molar-refractivity contribution in [1.82, 2.24) is 0 Å². The molecular formula is C14H23NO3S. The summed E-state index contributed by atoms with van der Waals surface area (Å²) in [5, 5.41) is 3.37. The lowest BCUT2D eigenvalue weighted by Gasteiger charge is -2.23. The molecule has 0 heterocycles. The third-order valence-corrected chi connectivity index (χ3v) is 4.07. The van der Waals surface area contributed by atoms with Gasteiger partial charge in [-0.3, -0.25) is 0 Å². The van der Waals surface area contributed by atoms with Gasteiger partial charge in [0.15, 0.2) is 9.84 Å². The van der Waals surface area contributed by atoms with Crippen molar-refractivity contribution >= 4 is 15.5 Å². The van der Waals surface area contributed by atoms with Gasteiger partial charge in [-0.2, -0.15) is 0 Å². The number of sulfone groups is 1. The van der Waals surface area contributed by atoms with E-state index in [1.807, 2.05) is 6.92 Å². The Bertz CT molecular complexity index is 480. The Labute approximate surface area is 116 Å². The molecule has 0 saturated carbocycles.